The smallest absolute Gasteiger partial charge is 0.207 e. The van der Waals surface area contributed by atoms with Crippen molar-refractivity contribution in [3.05, 3.63) is 23.2 Å². The molecule has 0 radical (unpaired) electrons. The van der Waals surface area contributed by atoms with Crippen molar-refractivity contribution in [1.82, 2.24) is 4.98 Å². The van der Waals surface area contributed by atoms with Crippen molar-refractivity contribution in [2.24, 2.45) is 0 Å². The third kappa shape index (κ3) is 1.61. The molecule has 1 heterocycles. The van der Waals surface area contributed by atoms with E-state index >= 15 is 0 Å². The summed E-state index contributed by atoms with van der Waals surface area (Å²) in [6.07, 6.45) is 1.79. The number of hydrogen-bond donors (Lipinski definition) is 0. The highest BCUT2D eigenvalue weighted by molar-refractivity contribution is 7.98. The van der Waals surface area contributed by atoms with E-state index < -0.39 is 5.95 Å². The second-order valence-electron chi connectivity index (χ2n) is 1.63. The summed E-state index contributed by atoms with van der Waals surface area (Å²) in [5.74, 6) is -0.500. The van der Waals surface area contributed by atoms with Gasteiger partial charge in [-0.1, -0.05) is 11.6 Å². The Labute approximate surface area is 67.6 Å². The Hall–Kier alpha value is -0.280. The highest BCUT2D eigenvalue weighted by atomic mass is 35.5. The number of hydrogen-bond acceptors (Lipinski definition) is 2. The van der Waals surface area contributed by atoms with E-state index in [-0.39, 0.29) is 5.15 Å². The first-order chi connectivity index (χ1) is 4.74. The molecule has 54 valence electrons. The van der Waals surface area contributed by atoms with Gasteiger partial charge in [-0.2, -0.15) is 4.39 Å². The zero-order valence-corrected chi connectivity index (χ0v) is 6.84. The molecule has 0 aromatic carbocycles. The molecule has 0 aliphatic heterocycles. The minimum absolute atomic E-state index is 0.190. The van der Waals surface area contributed by atoms with E-state index in [1.165, 1.54) is 11.8 Å². The molecule has 4 heteroatoms. The molecule has 0 N–H and O–H groups in total. The van der Waals surface area contributed by atoms with Crippen molar-refractivity contribution in [3.8, 4) is 0 Å². The molecule has 0 saturated carbocycles. The van der Waals surface area contributed by atoms with Crippen LogP contribution < -0.4 is 0 Å². The lowest BCUT2D eigenvalue weighted by Gasteiger charge is -1.95. The molecule has 0 saturated heterocycles. The first kappa shape index (κ1) is 7.82. The predicted molar refractivity (Wildman–Crippen MR) is 41.0 cm³/mol. The van der Waals surface area contributed by atoms with Crippen LogP contribution in [0.25, 0.3) is 0 Å². The summed E-state index contributed by atoms with van der Waals surface area (Å²) in [7, 11) is 0. The topological polar surface area (TPSA) is 12.9 Å². The molecule has 1 aromatic heterocycles. The van der Waals surface area contributed by atoms with E-state index in [0.717, 1.165) is 0 Å². The van der Waals surface area contributed by atoms with Crippen LogP contribution in [0.2, 0.25) is 5.15 Å². The lowest BCUT2D eigenvalue weighted by Crippen LogP contribution is -1.85. The molecule has 1 rings (SSSR count). The average molecular weight is 178 g/mol. The SMILES string of the molecule is CSc1ccc(Cl)nc1F. The van der Waals surface area contributed by atoms with Crippen molar-refractivity contribution in [2.45, 2.75) is 4.90 Å². The summed E-state index contributed by atoms with van der Waals surface area (Å²) >= 11 is 6.72. The van der Waals surface area contributed by atoms with Gasteiger partial charge in [0, 0.05) is 0 Å². The summed E-state index contributed by atoms with van der Waals surface area (Å²) in [6.45, 7) is 0. The second kappa shape index (κ2) is 3.21. The number of halogens is 2. The van der Waals surface area contributed by atoms with Gasteiger partial charge >= 0.3 is 0 Å². The van der Waals surface area contributed by atoms with E-state index in [1.54, 1.807) is 18.4 Å². The Balaban J connectivity index is 3.07. The van der Waals surface area contributed by atoms with E-state index in [9.17, 15) is 4.39 Å². The van der Waals surface area contributed by atoms with Gasteiger partial charge in [-0.25, -0.2) is 4.98 Å². The van der Waals surface area contributed by atoms with E-state index in [1.807, 2.05) is 0 Å². The molecular formula is C6H5ClFNS. The van der Waals surface area contributed by atoms with Gasteiger partial charge in [0.2, 0.25) is 5.95 Å². The number of thioether (sulfide) groups is 1. The van der Waals surface area contributed by atoms with Crippen LogP contribution in [0.3, 0.4) is 0 Å². The fourth-order valence-electron chi connectivity index (χ4n) is 0.552. The summed E-state index contributed by atoms with van der Waals surface area (Å²) in [4.78, 5) is 3.94. The van der Waals surface area contributed by atoms with Gasteiger partial charge < -0.3 is 0 Å². The normalized spacial score (nSPS) is 9.90. The molecule has 0 spiro atoms. The maximum absolute atomic E-state index is 12.6. The number of nitrogens with zero attached hydrogens (tertiary/aromatic N) is 1. The summed E-state index contributed by atoms with van der Waals surface area (Å²) in [6, 6.07) is 3.17. The van der Waals surface area contributed by atoms with Crippen molar-refractivity contribution in [1.29, 1.82) is 0 Å². The van der Waals surface area contributed by atoms with Crippen LogP contribution in [-0.4, -0.2) is 11.2 Å². The Morgan fingerprint density at radius 1 is 1.60 bits per heavy atom. The first-order valence-electron chi connectivity index (χ1n) is 2.60. The van der Waals surface area contributed by atoms with Crippen LogP contribution in [0.15, 0.2) is 17.0 Å². The zero-order valence-electron chi connectivity index (χ0n) is 5.27. The van der Waals surface area contributed by atoms with Crippen LogP contribution in [-0.2, 0) is 0 Å². The minimum atomic E-state index is -0.500. The van der Waals surface area contributed by atoms with Gasteiger partial charge in [0.15, 0.2) is 0 Å². The Kier molecular flexibility index (Phi) is 2.51. The zero-order chi connectivity index (χ0) is 7.56. The lowest BCUT2D eigenvalue weighted by atomic mass is 10.5. The van der Waals surface area contributed by atoms with Gasteiger partial charge in [0.25, 0.3) is 0 Å². The molecule has 10 heavy (non-hydrogen) atoms. The number of pyridine rings is 1. The molecule has 1 aromatic rings. The quantitative estimate of drug-likeness (QED) is 0.483. The minimum Gasteiger partial charge on any atom is -0.207 e. The van der Waals surface area contributed by atoms with Crippen LogP contribution in [0.4, 0.5) is 4.39 Å². The van der Waals surface area contributed by atoms with Crippen LogP contribution >= 0.6 is 23.4 Å². The Morgan fingerprint density at radius 3 is 2.80 bits per heavy atom. The molecule has 0 aliphatic carbocycles. The average Bonchev–Trinajstić information content (AvgIpc) is 1.88. The Bertz CT molecular complexity index is 241. The van der Waals surface area contributed by atoms with E-state index in [4.69, 9.17) is 11.6 Å². The third-order valence-electron chi connectivity index (χ3n) is 1.00. The van der Waals surface area contributed by atoms with E-state index in [0.29, 0.717) is 4.90 Å². The predicted octanol–water partition coefficient (Wildman–Crippen LogP) is 2.60. The molecule has 0 amide bonds. The lowest BCUT2D eigenvalue weighted by molar-refractivity contribution is 0.557. The van der Waals surface area contributed by atoms with Crippen molar-refractivity contribution < 1.29 is 4.39 Å². The molecule has 0 bridgehead atoms. The maximum Gasteiger partial charge on any atom is 0.227 e. The van der Waals surface area contributed by atoms with Crippen LogP contribution in [0.5, 0.6) is 0 Å². The molecule has 0 fully saturated rings. The fourth-order valence-corrected chi connectivity index (χ4v) is 1.11. The summed E-state index contributed by atoms with van der Waals surface area (Å²) in [5, 5.41) is 0.190. The molecule has 0 atom stereocenters. The molecule has 1 nitrogen and oxygen atoms in total. The third-order valence-corrected chi connectivity index (χ3v) is 1.96. The van der Waals surface area contributed by atoms with Gasteiger partial charge in [-0.15, -0.1) is 11.8 Å². The molecule has 0 unspecified atom stereocenters. The summed E-state index contributed by atoms with van der Waals surface area (Å²) in [5.41, 5.74) is 0. The number of aromatic nitrogens is 1. The van der Waals surface area contributed by atoms with Crippen LogP contribution in [0, 0.1) is 5.95 Å². The van der Waals surface area contributed by atoms with Gasteiger partial charge in [-0.05, 0) is 18.4 Å². The van der Waals surface area contributed by atoms with Crippen LogP contribution in [0.1, 0.15) is 0 Å². The molecular weight excluding hydrogens is 173 g/mol. The fraction of sp³-hybridized carbons (Fsp3) is 0.167. The largest absolute Gasteiger partial charge is 0.227 e. The van der Waals surface area contributed by atoms with E-state index in [2.05, 4.69) is 4.98 Å². The second-order valence-corrected chi connectivity index (χ2v) is 2.86. The summed E-state index contributed by atoms with van der Waals surface area (Å²) < 4.78 is 12.6. The van der Waals surface area contributed by atoms with Crippen molar-refractivity contribution in [2.75, 3.05) is 6.26 Å². The highest BCUT2D eigenvalue weighted by Crippen LogP contribution is 2.18. The van der Waals surface area contributed by atoms with Gasteiger partial charge in [0.05, 0.1) is 4.90 Å². The number of rotatable bonds is 1. The monoisotopic (exact) mass is 177 g/mol. The van der Waals surface area contributed by atoms with Crippen molar-refractivity contribution >= 4 is 23.4 Å². The highest BCUT2D eigenvalue weighted by Gasteiger charge is 2.00. The Morgan fingerprint density at radius 2 is 2.30 bits per heavy atom. The van der Waals surface area contributed by atoms with Crippen molar-refractivity contribution in [3.63, 3.8) is 0 Å². The first-order valence-corrected chi connectivity index (χ1v) is 4.20. The molecule has 0 aliphatic rings. The maximum atomic E-state index is 12.6. The van der Waals surface area contributed by atoms with Gasteiger partial charge in [0.1, 0.15) is 5.15 Å². The van der Waals surface area contributed by atoms with Gasteiger partial charge in [-0.3, -0.25) is 0 Å². The standard InChI is InChI=1S/C6H5ClFNS/c1-10-4-2-3-5(7)9-6(4)8/h2-3H,1H3.